The van der Waals surface area contributed by atoms with Crippen molar-refractivity contribution in [2.45, 2.75) is 25.8 Å². The van der Waals surface area contributed by atoms with Crippen LogP contribution in [0.2, 0.25) is 0 Å². The third kappa shape index (κ3) is 5.29. The Morgan fingerprint density at radius 3 is 2.84 bits per heavy atom. The minimum atomic E-state index is -0.522. The van der Waals surface area contributed by atoms with Crippen LogP contribution in [-0.2, 0) is 31.2 Å². The summed E-state index contributed by atoms with van der Waals surface area (Å²) in [5, 5.41) is 13.3. The number of carbonyl (C=O) groups is 1. The predicted octanol–water partition coefficient (Wildman–Crippen LogP) is 3.60. The maximum Gasteiger partial charge on any atom is 0.267 e. The Morgan fingerprint density at radius 1 is 1.19 bits per heavy atom. The van der Waals surface area contributed by atoms with E-state index in [-0.39, 0.29) is 0 Å². The molecule has 2 aromatic carbocycles. The molecule has 1 aliphatic heterocycles. The molecular weight excluding hydrogens is 388 g/mol. The minimum Gasteiger partial charge on any atom is -0.299 e. The zero-order valence-corrected chi connectivity index (χ0v) is 17.8. The van der Waals surface area contributed by atoms with E-state index >= 15 is 0 Å². The van der Waals surface area contributed by atoms with Crippen LogP contribution in [0.3, 0.4) is 0 Å². The molecule has 0 spiro atoms. The van der Waals surface area contributed by atoms with Gasteiger partial charge in [-0.1, -0.05) is 48.5 Å². The summed E-state index contributed by atoms with van der Waals surface area (Å²) in [6, 6.07) is 16.7. The zero-order valence-electron chi connectivity index (χ0n) is 17.8. The molecule has 3 aromatic rings. The molecule has 31 heavy (non-hydrogen) atoms. The van der Waals surface area contributed by atoms with Gasteiger partial charge in [-0.3, -0.25) is 19.6 Å². The van der Waals surface area contributed by atoms with E-state index in [9.17, 15) is 4.79 Å². The fourth-order valence-electron chi connectivity index (χ4n) is 4.19. The summed E-state index contributed by atoms with van der Waals surface area (Å²) < 4.78 is 1.90. The molecular formula is C25H28N4O2. The summed E-state index contributed by atoms with van der Waals surface area (Å²) >= 11 is 0. The highest BCUT2D eigenvalue weighted by Crippen LogP contribution is 2.24. The predicted molar refractivity (Wildman–Crippen MR) is 121 cm³/mol. The first kappa shape index (κ1) is 21.0. The lowest BCUT2D eigenvalue weighted by Crippen LogP contribution is -2.25. The number of nitrogens with zero attached hydrogens (tertiary/aromatic N) is 3. The number of benzene rings is 2. The van der Waals surface area contributed by atoms with Crippen LogP contribution >= 0.6 is 0 Å². The topological polar surface area (TPSA) is 70.4 Å². The molecule has 0 fully saturated rings. The number of rotatable bonds is 6. The van der Waals surface area contributed by atoms with Gasteiger partial charge in [0.25, 0.3) is 5.91 Å². The van der Waals surface area contributed by atoms with Gasteiger partial charge in [0.05, 0.1) is 5.69 Å². The van der Waals surface area contributed by atoms with Crippen molar-refractivity contribution >= 4 is 12.0 Å². The summed E-state index contributed by atoms with van der Waals surface area (Å²) in [5.74, 6) is -0.522. The van der Waals surface area contributed by atoms with E-state index in [0.717, 1.165) is 55.7 Å². The van der Waals surface area contributed by atoms with Crippen molar-refractivity contribution in [2.24, 2.45) is 7.05 Å². The minimum absolute atomic E-state index is 0.522. The Morgan fingerprint density at radius 2 is 2.03 bits per heavy atom. The van der Waals surface area contributed by atoms with Crippen molar-refractivity contribution in [1.82, 2.24) is 20.2 Å². The molecule has 0 atom stereocenters. The Hall–Kier alpha value is -3.22. The Kier molecular flexibility index (Phi) is 6.60. The highest BCUT2D eigenvalue weighted by atomic mass is 16.5. The lowest BCUT2D eigenvalue weighted by molar-refractivity contribution is -0.124. The van der Waals surface area contributed by atoms with Gasteiger partial charge < -0.3 is 0 Å². The van der Waals surface area contributed by atoms with Gasteiger partial charge in [0, 0.05) is 38.0 Å². The van der Waals surface area contributed by atoms with E-state index in [0.29, 0.717) is 0 Å². The zero-order chi connectivity index (χ0) is 21.6. The first-order valence-corrected chi connectivity index (χ1v) is 10.7. The number of nitrogens with one attached hydrogen (secondary N) is 1. The van der Waals surface area contributed by atoms with Crippen LogP contribution in [-0.4, -0.2) is 38.9 Å². The monoisotopic (exact) mass is 416 g/mol. The van der Waals surface area contributed by atoms with Gasteiger partial charge in [-0.05, 0) is 54.1 Å². The van der Waals surface area contributed by atoms with Gasteiger partial charge in [-0.2, -0.15) is 5.10 Å². The number of hydroxylamine groups is 1. The second-order valence-electron chi connectivity index (χ2n) is 8.01. The summed E-state index contributed by atoms with van der Waals surface area (Å²) in [7, 11) is 1.98. The molecule has 0 unspecified atom stereocenters. The fourth-order valence-corrected chi connectivity index (χ4v) is 4.19. The summed E-state index contributed by atoms with van der Waals surface area (Å²) in [5.41, 5.74) is 8.78. The van der Waals surface area contributed by atoms with Gasteiger partial charge >= 0.3 is 0 Å². The number of aromatic nitrogens is 2. The molecule has 0 saturated heterocycles. The molecule has 0 aliphatic carbocycles. The van der Waals surface area contributed by atoms with Crippen molar-refractivity contribution in [2.75, 3.05) is 13.1 Å². The summed E-state index contributed by atoms with van der Waals surface area (Å²) in [6.45, 7) is 2.98. The van der Waals surface area contributed by atoms with E-state index < -0.39 is 5.91 Å². The van der Waals surface area contributed by atoms with Crippen LogP contribution in [0.25, 0.3) is 17.3 Å². The largest absolute Gasteiger partial charge is 0.299 e. The van der Waals surface area contributed by atoms with Crippen LogP contribution in [0, 0.1) is 0 Å². The molecule has 0 bridgehead atoms. The lowest BCUT2D eigenvalue weighted by Gasteiger charge is -2.20. The van der Waals surface area contributed by atoms with Crippen molar-refractivity contribution < 1.29 is 10.0 Å². The van der Waals surface area contributed by atoms with Crippen LogP contribution in [0.4, 0.5) is 0 Å². The second-order valence-corrected chi connectivity index (χ2v) is 8.01. The van der Waals surface area contributed by atoms with Gasteiger partial charge in [0.2, 0.25) is 0 Å². The van der Waals surface area contributed by atoms with Gasteiger partial charge in [-0.15, -0.1) is 0 Å². The standard InChI is InChI=1S/C25H28N4O2/c1-28-17-23(25(26-28)20-6-3-2-4-7-20)13-15-29-14-5-8-21-16-19(9-11-22(21)18-29)10-12-24(30)27-31/h2-4,6-7,9-12,16-17,31H,5,8,13-15,18H2,1H3,(H,27,30). The summed E-state index contributed by atoms with van der Waals surface area (Å²) in [6.07, 6.45) is 8.29. The van der Waals surface area contributed by atoms with E-state index in [2.05, 4.69) is 47.5 Å². The quantitative estimate of drug-likeness (QED) is 0.366. The Balaban J connectivity index is 1.44. The number of carbonyl (C=O) groups excluding carboxylic acids is 1. The van der Waals surface area contributed by atoms with E-state index in [1.54, 1.807) is 11.6 Å². The van der Waals surface area contributed by atoms with E-state index in [1.165, 1.54) is 22.8 Å². The molecule has 1 aromatic heterocycles. The third-order valence-corrected chi connectivity index (χ3v) is 5.73. The van der Waals surface area contributed by atoms with Gasteiger partial charge in [-0.25, -0.2) is 5.48 Å². The molecule has 2 N–H and O–H groups in total. The fraction of sp³-hybridized carbons (Fsp3) is 0.280. The average Bonchev–Trinajstić information content (AvgIpc) is 3.05. The number of fused-ring (bicyclic) bond motifs is 1. The highest BCUT2D eigenvalue weighted by molar-refractivity contribution is 5.90. The molecule has 160 valence electrons. The number of hydrogen-bond acceptors (Lipinski definition) is 4. The first-order valence-electron chi connectivity index (χ1n) is 10.7. The number of amides is 1. The van der Waals surface area contributed by atoms with Crippen molar-refractivity contribution in [1.29, 1.82) is 0 Å². The maximum atomic E-state index is 11.2. The first-order chi connectivity index (χ1) is 15.1. The van der Waals surface area contributed by atoms with E-state index in [4.69, 9.17) is 10.3 Å². The molecule has 1 amide bonds. The van der Waals surface area contributed by atoms with Crippen LogP contribution in [0.15, 0.2) is 60.8 Å². The van der Waals surface area contributed by atoms with Crippen LogP contribution in [0.1, 0.15) is 28.7 Å². The lowest BCUT2D eigenvalue weighted by atomic mass is 10.0. The van der Waals surface area contributed by atoms with E-state index in [1.807, 2.05) is 23.9 Å². The van der Waals surface area contributed by atoms with Crippen molar-refractivity contribution in [3.63, 3.8) is 0 Å². The molecule has 6 heteroatoms. The Labute approximate surface area is 182 Å². The second kappa shape index (κ2) is 9.73. The molecule has 2 heterocycles. The third-order valence-electron chi connectivity index (χ3n) is 5.73. The molecule has 0 saturated carbocycles. The molecule has 0 radical (unpaired) electrons. The van der Waals surface area contributed by atoms with Crippen molar-refractivity contribution in [3.05, 3.63) is 83.1 Å². The molecule has 4 rings (SSSR count). The van der Waals surface area contributed by atoms with Gasteiger partial charge in [0.1, 0.15) is 0 Å². The summed E-state index contributed by atoms with van der Waals surface area (Å²) in [4.78, 5) is 13.7. The normalized spacial score (nSPS) is 14.4. The van der Waals surface area contributed by atoms with Crippen molar-refractivity contribution in [3.8, 4) is 11.3 Å². The number of hydrogen-bond donors (Lipinski definition) is 2. The maximum absolute atomic E-state index is 11.2. The molecule has 1 aliphatic rings. The smallest absolute Gasteiger partial charge is 0.267 e. The SMILES string of the molecule is Cn1cc(CCN2CCCc3cc(C=CC(=O)NO)ccc3C2)c(-c2ccccc2)n1. The number of aryl methyl sites for hydroxylation is 2. The van der Waals surface area contributed by atoms with Gasteiger partial charge in [0.15, 0.2) is 0 Å². The average molecular weight is 417 g/mol. The van der Waals surface area contributed by atoms with Crippen LogP contribution in [0.5, 0.6) is 0 Å². The highest BCUT2D eigenvalue weighted by Gasteiger charge is 2.16. The molecule has 6 nitrogen and oxygen atoms in total. The Bertz CT molecular complexity index is 1070. The van der Waals surface area contributed by atoms with Crippen LogP contribution < -0.4 is 5.48 Å².